The van der Waals surface area contributed by atoms with E-state index in [1.54, 1.807) is 18.2 Å². The van der Waals surface area contributed by atoms with Crippen LogP contribution in [0.5, 0.6) is 0 Å². The van der Waals surface area contributed by atoms with Gasteiger partial charge in [-0.3, -0.25) is 5.41 Å². The summed E-state index contributed by atoms with van der Waals surface area (Å²) in [6, 6.07) is 5.08. The lowest BCUT2D eigenvalue weighted by Gasteiger charge is -2.26. The summed E-state index contributed by atoms with van der Waals surface area (Å²) >= 11 is 0. The summed E-state index contributed by atoms with van der Waals surface area (Å²) in [5.74, 6) is -0.175. The molecule has 0 unspecified atom stereocenters. The number of aliphatic hydroxyl groups is 1. The molecule has 1 aromatic rings. The molecule has 0 saturated carbocycles. The minimum absolute atomic E-state index is 0.0771. The Morgan fingerprint density at radius 2 is 2.17 bits per heavy atom. The van der Waals surface area contributed by atoms with Crippen LogP contribution in [0.2, 0.25) is 0 Å². The first kappa shape index (κ1) is 14.4. The van der Waals surface area contributed by atoms with Crippen molar-refractivity contribution < 1.29 is 13.9 Å². The molecule has 1 aromatic carbocycles. The molecule has 0 aliphatic rings. The fourth-order valence-corrected chi connectivity index (χ4v) is 1.74. The first-order valence-corrected chi connectivity index (χ1v) is 5.54. The summed E-state index contributed by atoms with van der Waals surface area (Å²) in [6.45, 7) is 1.18. The molecule has 1 rings (SSSR count). The molecular formula is C12H17F2N3O. The predicted molar refractivity (Wildman–Crippen MR) is 67.5 cm³/mol. The third kappa shape index (κ3) is 3.66. The van der Waals surface area contributed by atoms with Crippen molar-refractivity contribution in [3.63, 3.8) is 0 Å². The normalized spacial score (nSPS) is 10.7. The van der Waals surface area contributed by atoms with Gasteiger partial charge in [-0.2, -0.15) is 0 Å². The third-order valence-corrected chi connectivity index (χ3v) is 2.51. The summed E-state index contributed by atoms with van der Waals surface area (Å²) in [5.41, 5.74) is 7.20. The monoisotopic (exact) mass is 257 g/mol. The van der Waals surface area contributed by atoms with E-state index in [0.717, 1.165) is 5.56 Å². The summed E-state index contributed by atoms with van der Waals surface area (Å²) in [4.78, 5) is 1.33. The van der Waals surface area contributed by atoms with Gasteiger partial charge >= 0.3 is 0 Å². The molecule has 0 fully saturated rings. The zero-order chi connectivity index (χ0) is 13.7. The number of nitrogen functional groups attached to an aromatic ring is 1. The smallest absolute Gasteiger partial charge is 0.255 e. The number of nitrogens with zero attached hydrogens (tertiary/aromatic N) is 1. The molecular weight excluding hydrogens is 240 g/mol. The number of anilines is 1. The first-order valence-electron chi connectivity index (χ1n) is 5.54. The van der Waals surface area contributed by atoms with Crippen molar-refractivity contribution in [1.82, 2.24) is 0 Å². The van der Waals surface area contributed by atoms with Gasteiger partial charge < -0.3 is 15.7 Å². The first-order chi connectivity index (χ1) is 8.45. The highest BCUT2D eigenvalue weighted by atomic mass is 19.3. The lowest BCUT2D eigenvalue weighted by molar-refractivity contribution is 0.153. The number of nitrogens with two attached hydrogens (primary N) is 1. The van der Waals surface area contributed by atoms with Crippen LogP contribution >= 0.6 is 0 Å². The van der Waals surface area contributed by atoms with Gasteiger partial charge in [0.25, 0.3) is 6.43 Å². The highest BCUT2D eigenvalue weighted by molar-refractivity contribution is 6.00. The van der Waals surface area contributed by atoms with Gasteiger partial charge in [-0.15, -0.1) is 0 Å². The fourth-order valence-electron chi connectivity index (χ4n) is 1.74. The van der Waals surface area contributed by atoms with E-state index in [1.807, 2.05) is 6.92 Å². The van der Waals surface area contributed by atoms with Crippen LogP contribution in [0.25, 0.3) is 0 Å². The Bertz CT molecular complexity index is 424. The molecule has 18 heavy (non-hydrogen) atoms. The van der Waals surface area contributed by atoms with Crippen LogP contribution in [0.3, 0.4) is 0 Å². The van der Waals surface area contributed by atoms with Crippen molar-refractivity contribution >= 4 is 11.5 Å². The average Bonchev–Trinajstić information content (AvgIpc) is 2.27. The second-order valence-corrected chi connectivity index (χ2v) is 3.99. The molecule has 0 radical (unpaired) electrons. The number of alkyl halides is 2. The standard InChI is InChI=1S/C12H17F2N3O/c1-8-2-3-10(9(6-8)12(15)16)17(4-5-18)7-11(13)14/h2-3,6,11,18H,4-5,7H2,1H3,(H3,15,16). The van der Waals surface area contributed by atoms with Crippen molar-refractivity contribution in [1.29, 1.82) is 5.41 Å². The number of hydrogen-bond acceptors (Lipinski definition) is 3. The number of aliphatic hydroxyl groups excluding tert-OH is 1. The molecule has 100 valence electrons. The van der Waals surface area contributed by atoms with Crippen LogP contribution in [-0.2, 0) is 0 Å². The molecule has 6 heteroatoms. The Labute approximate surface area is 105 Å². The van der Waals surface area contributed by atoms with Crippen molar-refractivity contribution in [3.8, 4) is 0 Å². The quantitative estimate of drug-likeness (QED) is 0.532. The van der Waals surface area contributed by atoms with Crippen LogP contribution in [-0.4, -0.2) is 37.1 Å². The van der Waals surface area contributed by atoms with Gasteiger partial charge in [0.1, 0.15) is 5.84 Å². The fraction of sp³-hybridized carbons (Fsp3) is 0.417. The van der Waals surface area contributed by atoms with Crippen LogP contribution in [0.4, 0.5) is 14.5 Å². The lowest BCUT2D eigenvalue weighted by Crippen LogP contribution is -2.33. The van der Waals surface area contributed by atoms with Crippen LogP contribution in [0.1, 0.15) is 11.1 Å². The zero-order valence-corrected chi connectivity index (χ0v) is 10.2. The second-order valence-electron chi connectivity index (χ2n) is 3.99. The third-order valence-electron chi connectivity index (χ3n) is 2.51. The molecule has 0 saturated heterocycles. The topological polar surface area (TPSA) is 73.3 Å². The van der Waals surface area contributed by atoms with Gasteiger partial charge in [-0.1, -0.05) is 11.6 Å². The van der Waals surface area contributed by atoms with E-state index in [9.17, 15) is 8.78 Å². The van der Waals surface area contributed by atoms with Gasteiger partial charge in [0.15, 0.2) is 0 Å². The van der Waals surface area contributed by atoms with Crippen LogP contribution in [0, 0.1) is 12.3 Å². The minimum atomic E-state index is -2.52. The van der Waals surface area contributed by atoms with Gasteiger partial charge in [-0.05, 0) is 19.1 Å². The Balaban J connectivity index is 3.13. The van der Waals surface area contributed by atoms with Gasteiger partial charge in [-0.25, -0.2) is 8.78 Å². The molecule has 4 nitrogen and oxygen atoms in total. The summed E-state index contributed by atoms with van der Waals surface area (Å²) in [6.07, 6.45) is -2.52. The van der Waals surface area contributed by atoms with E-state index in [4.69, 9.17) is 16.2 Å². The average molecular weight is 257 g/mol. The van der Waals surface area contributed by atoms with Crippen molar-refractivity contribution in [3.05, 3.63) is 29.3 Å². The maximum atomic E-state index is 12.5. The Morgan fingerprint density at radius 3 is 2.67 bits per heavy atom. The maximum absolute atomic E-state index is 12.5. The Hall–Kier alpha value is -1.69. The Kier molecular flexibility index (Phi) is 5.03. The molecule has 0 atom stereocenters. The van der Waals surface area contributed by atoms with Gasteiger partial charge in [0.2, 0.25) is 0 Å². The van der Waals surface area contributed by atoms with E-state index in [0.29, 0.717) is 11.3 Å². The number of benzene rings is 1. The largest absolute Gasteiger partial charge is 0.395 e. The second kappa shape index (κ2) is 6.30. The number of halogens is 2. The van der Waals surface area contributed by atoms with Gasteiger partial charge in [0, 0.05) is 17.8 Å². The zero-order valence-electron chi connectivity index (χ0n) is 10.2. The number of rotatable bonds is 6. The minimum Gasteiger partial charge on any atom is -0.395 e. The van der Waals surface area contributed by atoms with Crippen molar-refractivity contribution in [2.75, 3.05) is 24.6 Å². The highest BCUT2D eigenvalue weighted by Crippen LogP contribution is 2.22. The summed E-state index contributed by atoms with van der Waals surface area (Å²) < 4.78 is 25.0. The number of nitrogens with one attached hydrogen (secondary N) is 1. The molecule has 4 N–H and O–H groups in total. The molecule has 0 aromatic heterocycles. The van der Waals surface area contributed by atoms with E-state index in [2.05, 4.69) is 0 Å². The predicted octanol–water partition coefficient (Wildman–Crippen LogP) is 1.34. The maximum Gasteiger partial charge on any atom is 0.255 e. The number of hydrogen-bond donors (Lipinski definition) is 3. The van der Waals surface area contributed by atoms with Crippen molar-refractivity contribution in [2.24, 2.45) is 5.73 Å². The van der Waals surface area contributed by atoms with Crippen LogP contribution < -0.4 is 10.6 Å². The Morgan fingerprint density at radius 1 is 1.50 bits per heavy atom. The van der Waals surface area contributed by atoms with Crippen molar-refractivity contribution in [2.45, 2.75) is 13.3 Å². The summed E-state index contributed by atoms with van der Waals surface area (Å²) in [7, 11) is 0. The number of amidine groups is 1. The molecule has 0 amide bonds. The SMILES string of the molecule is Cc1ccc(N(CCO)CC(F)F)c(C(=N)N)c1. The van der Waals surface area contributed by atoms with E-state index < -0.39 is 13.0 Å². The molecule has 0 spiro atoms. The summed E-state index contributed by atoms with van der Waals surface area (Å²) in [5, 5.41) is 16.4. The molecule has 0 bridgehead atoms. The van der Waals surface area contributed by atoms with E-state index in [1.165, 1.54) is 4.90 Å². The van der Waals surface area contributed by atoms with E-state index in [-0.39, 0.29) is 19.0 Å². The van der Waals surface area contributed by atoms with Gasteiger partial charge in [0.05, 0.1) is 13.2 Å². The van der Waals surface area contributed by atoms with E-state index >= 15 is 0 Å². The number of aryl methyl sites for hydroxylation is 1. The van der Waals surface area contributed by atoms with Crippen LogP contribution in [0.15, 0.2) is 18.2 Å². The molecule has 0 aliphatic carbocycles. The highest BCUT2D eigenvalue weighted by Gasteiger charge is 2.16. The lowest BCUT2D eigenvalue weighted by atomic mass is 10.1. The molecule has 0 heterocycles. The molecule has 0 aliphatic heterocycles.